The minimum Gasteiger partial charge on any atom is -0.397 e. The lowest BCUT2D eigenvalue weighted by Crippen LogP contribution is -2.09. The van der Waals surface area contributed by atoms with Crippen molar-refractivity contribution in [1.82, 2.24) is 4.98 Å². The second kappa shape index (κ2) is 5.40. The maximum Gasteiger partial charge on any atom is 0.115 e. The van der Waals surface area contributed by atoms with Crippen molar-refractivity contribution in [2.75, 3.05) is 11.1 Å². The summed E-state index contributed by atoms with van der Waals surface area (Å²) in [4.78, 5) is 5.77. The van der Waals surface area contributed by atoms with E-state index in [9.17, 15) is 0 Å². The Morgan fingerprint density at radius 3 is 2.83 bits per heavy atom. The molecule has 1 atom stereocenters. The Kier molecular flexibility index (Phi) is 3.87. The quantitative estimate of drug-likeness (QED) is 0.824. The maximum absolute atomic E-state index is 6.00. The highest BCUT2D eigenvalue weighted by Gasteiger charge is 2.12. The highest BCUT2D eigenvalue weighted by Crippen LogP contribution is 2.29. The van der Waals surface area contributed by atoms with Crippen LogP contribution in [-0.2, 0) is 6.42 Å². The van der Waals surface area contributed by atoms with Crippen LogP contribution in [0.15, 0.2) is 24.4 Å². The molecule has 1 unspecified atom stereocenters. The van der Waals surface area contributed by atoms with Gasteiger partial charge in [0.25, 0.3) is 0 Å². The van der Waals surface area contributed by atoms with Crippen molar-refractivity contribution in [2.45, 2.75) is 33.2 Å². The van der Waals surface area contributed by atoms with Crippen LogP contribution in [0.5, 0.6) is 0 Å². The average molecular weight is 261 g/mol. The van der Waals surface area contributed by atoms with E-state index in [0.29, 0.717) is 0 Å². The number of para-hydroxylation sites is 1. The fourth-order valence-electron chi connectivity index (χ4n) is 1.85. The van der Waals surface area contributed by atoms with Crippen LogP contribution in [0.2, 0.25) is 0 Å². The Hall–Kier alpha value is -1.55. The highest BCUT2D eigenvalue weighted by molar-refractivity contribution is 7.11. The molecule has 0 amide bonds. The lowest BCUT2D eigenvalue weighted by Gasteiger charge is -2.16. The molecule has 0 bridgehead atoms. The SMILES string of the molecule is CCc1cnc(C(C)Nc2c(C)cccc2N)s1. The summed E-state index contributed by atoms with van der Waals surface area (Å²) in [5.41, 5.74) is 8.96. The van der Waals surface area contributed by atoms with Crippen LogP contribution in [0.3, 0.4) is 0 Å². The number of anilines is 2. The van der Waals surface area contributed by atoms with Gasteiger partial charge in [0.2, 0.25) is 0 Å². The molecule has 0 aliphatic carbocycles. The van der Waals surface area contributed by atoms with Gasteiger partial charge in [-0.25, -0.2) is 4.98 Å². The van der Waals surface area contributed by atoms with E-state index >= 15 is 0 Å². The number of nitrogens with zero attached hydrogens (tertiary/aromatic N) is 1. The second-order valence-electron chi connectivity index (χ2n) is 4.42. The molecular formula is C14H19N3S. The van der Waals surface area contributed by atoms with E-state index in [2.05, 4.69) is 37.1 Å². The fraction of sp³-hybridized carbons (Fsp3) is 0.357. The number of thiazole rings is 1. The zero-order valence-electron chi connectivity index (χ0n) is 11.0. The summed E-state index contributed by atoms with van der Waals surface area (Å²) < 4.78 is 0. The smallest absolute Gasteiger partial charge is 0.115 e. The number of benzene rings is 1. The predicted octanol–water partition coefficient (Wildman–Crippen LogP) is 3.77. The third kappa shape index (κ3) is 2.64. The topological polar surface area (TPSA) is 50.9 Å². The van der Waals surface area contributed by atoms with Gasteiger partial charge in [-0.05, 0) is 31.9 Å². The van der Waals surface area contributed by atoms with E-state index in [1.54, 1.807) is 11.3 Å². The van der Waals surface area contributed by atoms with Crippen molar-refractivity contribution >= 4 is 22.7 Å². The molecular weight excluding hydrogens is 242 g/mol. The van der Waals surface area contributed by atoms with Gasteiger partial charge in [0.1, 0.15) is 5.01 Å². The molecule has 0 spiro atoms. The van der Waals surface area contributed by atoms with Gasteiger partial charge in [0.15, 0.2) is 0 Å². The number of nitrogens with two attached hydrogens (primary N) is 1. The third-order valence-corrected chi connectivity index (χ3v) is 4.28. The van der Waals surface area contributed by atoms with Crippen LogP contribution in [0, 0.1) is 6.92 Å². The lowest BCUT2D eigenvalue weighted by atomic mass is 10.1. The Balaban J connectivity index is 2.18. The number of nitrogen functional groups attached to an aromatic ring is 1. The van der Waals surface area contributed by atoms with Crippen LogP contribution in [-0.4, -0.2) is 4.98 Å². The van der Waals surface area contributed by atoms with E-state index in [-0.39, 0.29) is 6.04 Å². The van der Waals surface area contributed by atoms with Gasteiger partial charge < -0.3 is 11.1 Å². The molecule has 2 aromatic rings. The fourth-order valence-corrected chi connectivity index (χ4v) is 2.71. The first-order valence-electron chi connectivity index (χ1n) is 6.18. The third-order valence-electron chi connectivity index (χ3n) is 2.96. The number of hydrogen-bond acceptors (Lipinski definition) is 4. The van der Waals surface area contributed by atoms with Gasteiger partial charge >= 0.3 is 0 Å². The lowest BCUT2D eigenvalue weighted by molar-refractivity contribution is 0.868. The van der Waals surface area contributed by atoms with Crippen molar-refractivity contribution in [3.05, 3.63) is 39.8 Å². The summed E-state index contributed by atoms with van der Waals surface area (Å²) in [6, 6.07) is 6.13. The van der Waals surface area contributed by atoms with Crippen molar-refractivity contribution in [2.24, 2.45) is 0 Å². The minimum absolute atomic E-state index is 0.179. The summed E-state index contributed by atoms with van der Waals surface area (Å²) in [6.07, 6.45) is 3.00. The summed E-state index contributed by atoms with van der Waals surface area (Å²) in [6.45, 7) is 6.32. The number of rotatable bonds is 4. The molecule has 96 valence electrons. The number of hydrogen-bond donors (Lipinski definition) is 2. The molecule has 2 rings (SSSR count). The first-order valence-corrected chi connectivity index (χ1v) is 6.99. The van der Waals surface area contributed by atoms with E-state index in [1.807, 2.05) is 18.3 Å². The molecule has 18 heavy (non-hydrogen) atoms. The van der Waals surface area contributed by atoms with Crippen molar-refractivity contribution < 1.29 is 0 Å². The van der Waals surface area contributed by atoms with E-state index in [4.69, 9.17) is 5.73 Å². The van der Waals surface area contributed by atoms with Crippen LogP contribution in [0.25, 0.3) is 0 Å². The maximum atomic E-state index is 6.00. The molecule has 3 N–H and O–H groups in total. The van der Waals surface area contributed by atoms with E-state index in [0.717, 1.165) is 28.4 Å². The van der Waals surface area contributed by atoms with Gasteiger partial charge in [-0.1, -0.05) is 19.1 Å². The monoisotopic (exact) mass is 261 g/mol. The number of aryl methyl sites for hydroxylation is 2. The van der Waals surface area contributed by atoms with Gasteiger partial charge in [-0.3, -0.25) is 0 Å². The second-order valence-corrected chi connectivity index (χ2v) is 5.57. The minimum atomic E-state index is 0.179. The molecule has 0 fully saturated rings. The number of nitrogens with one attached hydrogen (secondary N) is 1. The zero-order valence-corrected chi connectivity index (χ0v) is 11.8. The Morgan fingerprint density at radius 1 is 1.44 bits per heavy atom. The zero-order chi connectivity index (χ0) is 13.1. The van der Waals surface area contributed by atoms with Gasteiger partial charge in [-0.2, -0.15) is 0 Å². The normalized spacial score (nSPS) is 12.4. The molecule has 3 nitrogen and oxygen atoms in total. The van der Waals surface area contributed by atoms with Crippen LogP contribution >= 0.6 is 11.3 Å². The van der Waals surface area contributed by atoms with Gasteiger partial charge in [0.05, 0.1) is 17.4 Å². The molecule has 1 aromatic heterocycles. The summed E-state index contributed by atoms with van der Waals surface area (Å²) >= 11 is 1.76. The predicted molar refractivity (Wildman–Crippen MR) is 79.1 cm³/mol. The summed E-state index contributed by atoms with van der Waals surface area (Å²) in [5, 5.41) is 4.56. The van der Waals surface area contributed by atoms with Crippen LogP contribution < -0.4 is 11.1 Å². The molecule has 0 saturated carbocycles. The Labute approximate surface area is 112 Å². The van der Waals surface area contributed by atoms with Crippen molar-refractivity contribution in [3.63, 3.8) is 0 Å². The molecule has 0 radical (unpaired) electrons. The first kappa shape index (κ1) is 12.9. The van der Waals surface area contributed by atoms with Crippen molar-refractivity contribution in [1.29, 1.82) is 0 Å². The standard InChI is InChI=1S/C14H19N3S/c1-4-11-8-16-14(18-11)10(3)17-13-9(2)6-5-7-12(13)15/h5-8,10,17H,4,15H2,1-3H3. The Bertz CT molecular complexity index is 513. The molecule has 0 aliphatic rings. The molecule has 1 heterocycles. The average Bonchev–Trinajstić information content (AvgIpc) is 2.82. The van der Waals surface area contributed by atoms with E-state index in [1.165, 1.54) is 4.88 Å². The Morgan fingerprint density at radius 2 is 2.22 bits per heavy atom. The molecule has 0 aliphatic heterocycles. The van der Waals surface area contributed by atoms with Gasteiger partial charge in [0, 0.05) is 11.1 Å². The van der Waals surface area contributed by atoms with E-state index < -0.39 is 0 Å². The van der Waals surface area contributed by atoms with Crippen molar-refractivity contribution in [3.8, 4) is 0 Å². The summed E-state index contributed by atoms with van der Waals surface area (Å²) in [5.74, 6) is 0. The number of aromatic nitrogens is 1. The molecule has 0 saturated heterocycles. The van der Waals surface area contributed by atoms with Crippen LogP contribution in [0.1, 0.15) is 35.3 Å². The largest absolute Gasteiger partial charge is 0.397 e. The highest BCUT2D eigenvalue weighted by atomic mass is 32.1. The first-order chi connectivity index (χ1) is 8.61. The van der Waals surface area contributed by atoms with Crippen LogP contribution in [0.4, 0.5) is 11.4 Å². The molecule has 4 heteroatoms. The summed E-state index contributed by atoms with van der Waals surface area (Å²) in [7, 11) is 0. The molecule has 1 aromatic carbocycles. The van der Waals surface area contributed by atoms with Gasteiger partial charge in [-0.15, -0.1) is 11.3 Å².